The van der Waals surface area contributed by atoms with Gasteiger partial charge in [0.1, 0.15) is 11.8 Å². The van der Waals surface area contributed by atoms with Gasteiger partial charge in [0.2, 0.25) is 5.89 Å². The molecule has 1 amide bonds. The number of carbonyl (C=O) groups is 1. The van der Waals surface area contributed by atoms with Crippen LogP contribution < -0.4 is 4.74 Å². The maximum absolute atomic E-state index is 12.6. The van der Waals surface area contributed by atoms with Crippen molar-refractivity contribution in [2.75, 3.05) is 13.2 Å². The third-order valence-corrected chi connectivity index (χ3v) is 4.59. The van der Waals surface area contributed by atoms with Gasteiger partial charge in [0.15, 0.2) is 6.61 Å². The number of amides is 1. The van der Waals surface area contributed by atoms with E-state index in [1.54, 1.807) is 29.2 Å². The first-order chi connectivity index (χ1) is 13.2. The van der Waals surface area contributed by atoms with Crippen molar-refractivity contribution in [3.05, 3.63) is 53.2 Å². The highest BCUT2D eigenvalue weighted by molar-refractivity contribution is 7.13. The van der Waals surface area contributed by atoms with Gasteiger partial charge in [-0.2, -0.15) is 5.26 Å². The number of nitrogens with zero attached hydrogens (tertiary/aromatic N) is 4. The third-order valence-electron chi connectivity index (χ3n) is 3.73. The summed E-state index contributed by atoms with van der Waals surface area (Å²) in [4.78, 5) is 15.1. The fraction of sp³-hybridized carbons (Fsp3) is 0.263. The second-order valence-electron chi connectivity index (χ2n) is 5.69. The fourth-order valence-electron chi connectivity index (χ4n) is 2.46. The number of rotatable bonds is 8. The molecule has 3 rings (SSSR count). The molecule has 0 radical (unpaired) electrons. The highest BCUT2D eigenvalue weighted by atomic mass is 32.1. The Kier molecular flexibility index (Phi) is 6.18. The van der Waals surface area contributed by atoms with E-state index in [0.29, 0.717) is 29.6 Å². The number of carbonyl (C=O) groups excluding carboxylic acids is 1. The number of nitriles is 1. The highest BCUT2D eigenvalue weighted by Gasteiger charge is 2.18. The lowest BCUT2D eigenvalue weighted by Crippen LogP contribution is -2.35. The number of hydrogen-bond acceptors (Lipinski definition) is 7. The van der Waals surface area contributed by atoms with Crippen molar-refractivity contribution in [2.45, 2.75) is 19.9 Å². The van der Waals surface area contributed by atoms with Gasteiger partial charge >= 0.3 is 0 Å². The first kappa shape index (κ1) is 18.6. The molecule has 8 heteroatoms. The zero-order valence-corrected chi connectivity index (χ0v) is 15.6. The van der Waals surface area contributed by atoms with E-state index < -0.39 is 0 Å². The Morgan fingerprint density at radius 3 is 2.89 bits per heavy atom. The molecule has 7 nitrogen and oxygen atoms in total. The van der Waals surface area contributed by atoms with Gasteiger partial charge in [-0.15, -0.1) is 21.5 Å². The molecule has 0 saturated carbocycles. The lowest BCUT2D eigenvalue weighted by Gasteiger charge is -2.20. The Bertz CT molecular complexity index is 931. The van der Waals surface area contributed by atoms with E-state index in [2.05, 4.69) is 10.2 Å². The predicted octanol–water partition coefficient (Wildman–Crippen LogP) is 3.49. The van der Waals surface area contributed by atoms with Gasteiger partial charge in [0.25, 0.3) is 11.8 Å². The van der Waals surface area contributed by atoms with E-state index in [1.165, 1.54) is 11.3 Å². The van der Waals surface area contributed by atoms with Crippen LogP contribution >= 0.6 is 11.3 Å². The molecule has 0 unspecified atom stereocenters. The van der Waals surface area contributed by atoms with Gasteiger partial charge < -0.3 is 14.1 Å². The van der Waals surface area contributed by atoms with Crippen molar-refractivity contribution in [3.8, 4) is 22.6 Å². The molecule has 0 aliphatic heterocycles. The van der Waals surface area contributed by atoms with Crippen LogP contribution in [-0.4, -0.2) is 34.2 Å². The van der Waals surface area contributed by atoms with Crippen LogP contribution in [0.4, 0.5) is 0 Å². The Morgan fingerprint density at radius 2 is 2.15 bits per heavy atom. The summed E-state index contributed by atoms with van der Waals surface area (Å²) in [6.45, 7) is 2.58. The number of thiophene rings is 1. The van der Waals surface area contributed by atoms with E-state index in [4.69, 9.17) is 14.4 Å². The summed E-state index contributed by atoms with van der Waals surface area (Å²) in [5.74, 6) is 1.00. The van der Waals surface area contributed by atoms with Crippen molar-refractivity contribution < 1.29 is 13.9 Å². The number of para-hydroxylation sites is 1. The Hall–Kier alpha value is -3.18. The summed E-state index contributed by atoms with van der Waals surface area (Å²) >= 11 is 1.51. The second kappa shape index (κ2) is 8.96. The zero-order chi connectivity index (χ0) is 19.1. The minimum atomic E-state index is -0.208. The summed E-state index contributed by atoms with van der Waals surface area (Å²) < 4.78 is 11.2. The van der Waals surface area contributed by atoms with Crippen molar-refractivity contribution in [1.82, 2.24) is 15.1 Å². The topological polar surface area (TPSA) is 92.2 Å². The van der Waals surface area contributed by atoms with Crippen LogP contribution in [0.15, 0.2) is 46.2 Å². The molecule has 138 valence electrons. The fourth-order valence-corrected chi connectivity index (χ4v) is 3.10. The Morgan fingerprint density at radius 1 is 1.30 bits per heavy atom. The van der Waals surface area contributed by atoms with Crippen molar-refractivity contribution in [2.24, 2.45) is 0 Å². The molecule has 0 N–H and O–H groups in total. The first-order valence-electron chi connectivity index (χ1n) is 8.47. The van der Waals surface area contributed by atoms with Gasteiger partial charge in [-0.3, -0.25) is 4.79 Å². The summed E-state index contributed by atoms with van der Waals surface area (Å²) in [5.41, 5.74) is 0.393. The van der Waals surface area contributed by atoms with Gasteiger partial charge in [-0.25, -0.2) is 0 Å². The maximum Gasteiger partial charge on any atom is 0.260 e. The number of hydrogen-bond donors (Lipinski definition) is 0. The maximum atomic E-state index is 12.6. The molecule has 27 heavy (non-hydrogen) atoms. The van der Waals surface area contributed by atoms with Crippen LogP contribution in [0.2, 0.25) is 0 Å². The van der Waals surface area contributed by atoms with Crippen molar-refractivity contribution in [3.63, 3.8) is 0 Å². The minimum absolute atomic E-state index is 0.162. The molecule has 2 aromatic heterocycles. The van der Waals surface area contributed by atoms with Crippen LogP contribution in [0, 0.1) is 11.3 Å². The highest BCUT2D eigenvalue weighted by Crippen LogP contribution is 2.23. The molecule has 0 aliphatic rings. The van der Waals surface area contributed by atoms with Gasteiger partial charge in [0.05, 0.1) is 17.0 Å². The second-order valence-corrected chi connectivity index (χ2v) is 6.64. The Balaban J connectivity index is 1.64. The molecular formula is C19H18N4O3S. The third kappa shape index (κ3) is 4.71. The summed E-state index contributed by atoms with van der Waals surface area (Å²) in [7, 11) is 0. The number of benzene rings is 1. The zero-order valence-electron chi connectivity index (χ0n) is 14.8. The largest absolute Gasteiger partial charge is 0.482 e. The molecule has 0 spiro atoms. The van der Waals surface area contributed by atoms with Crippen molar-refractivity contribution >= 4 is 17.2 Å². The van der Waals surface area contributed by atoms with Crippen molar-refractivity contribution in [1.29, 1.82) is 5.26 Å². The lowest BCUT2D eigenvalue weighted by atomic mass is 10.2. The van der Waals surface area contributed by atoms with Gasteiger partial charge in [0, 0.05) is 6.54 Å². The van der Waals surface area contributed by atoms with E-state index in [9.17, 15) is 4.79 Å². The lowest BCUT2D eigenvalue weighted by molar-refractivity contribution is -0.134. The average molecular weight is 382 g/mol. The molecule has 0 fully saturated rings. The number of aromatic nitrogens is 2. The SMILES string of the molecule is CCCN(Cc1nnc(-c2cccs2)o1)C(=O)COc1ccccc1C#N. The molecular weight excluding hydrogens is 364 g/mol. The van der Waals surface area contributed by atoms with E-state index in [1.807, 2.05) is 30.5 Å². The van der Waals surface area contributed by atoms with Crippen LogP contribution in [0.3, 0.4) is 0 Å². The van der Waals surface area contributed by atoms with Gasteiger partial charge in [-0.05, 0) is 30.0 Å². The molecule has 0 saturated heterocycles. The minimum Gasteiger partial charge on any atom is -0.482 e. The van der Waals surface area contributed by atoms with Crippen LogP contribution in [0.1, 0.15) is 24.8 Å². The Labute approximate surface area is 160 Å². The molecule has 0 bridgehead atoms. The average Bonchev–Trinajstić information content (AvgIpc) is 3.37. The summed E-state index contributed by atoms with van der Waals surface area (Å²) in [6.07, 6.45) is 0.784. The predicted molar refractivity (Wildman–Crippen MR) is 100.0 cm³/mol. The quantitative estimate of drug-likeness (QED) is 0.592. The van der Waals surface area contributed by atoms with E-state index in [0.717, 1.165) is 11.3 Å². The van der Waals surface area contributed by atoms with Crippen LogP contribution in [-0.2, 0) is 11.3 Å². The molecule has 0 atom stereocenters. The molecule has 0 aliphatic carbocycles. The van der Waals surface area contributed by atoms with E-state index >= 15 is 0 Å². The summed E-state index contributed by atoms with van der Waals surface area (Å²) in [6, 6.07) is 12.7. The van der Waals surface area contributed by atoms with Crippen LogP contribution in [0.5, 0.6) is 5.75 Å². The summed E-state index contributed by atoms with van der Waals surface area (Å²) in [5, 5.41) is 19.1. The standard InChI is InChI=1S/C19H18N4O3S/c1-2-9-23(12-17-21-22-19(26-17)16-8-5-10-27-16)18(24)13-25-15-7-4-3-6-14(15)11-20/h3-8,10H,2,9,12-13H2,1H3. The first-order valence-corrected chi connectivity index (χ1v) is 9.35. The smallest absolute Gasteiger partial charge is 0.260 e. The van der Waals surface area contributed by atoms with E-state index in [-0.39, 0.29) is 19.1 Å². The van der Waals surface area contributed by atoms with Gasteiger partial charge in [-0.1, -0.05) is 25.1 Å². The molecule has 1 aromatic carbocycles. The van der Waals surface area contributed by atoms with Crippen LogP contribution in [0.25, 0.3) is 10.8 Å². The normalized spacial score (nSPS) is 10.4. The monoisotopic (exact) mass is 382 g/mol. The number of ether oxygens (including phenoxy) is 1. The molecule has 2 heterocycles. The molecule has 3 aromatic rings.